The lowest BCUT2D eigenvalue weighted by atomic mass is 10.3. The standard InChI is InChI=1S/C11H13N3O4S/c12-10-3-1-2-4-11(10)17-5-6-19(15,16)14-9-7-13-18-8-9/h1-4,7-8,14H,5-6,12H2. The van der Waals surface area contributed by atoms with Crippen molar-refractivity contribution in [1.82, 2.24) is 5.16 Å². The molecule has 102 valence electrons. The van der Waals surface area contributed by atoms with Crippen LogP contribution >= 0.6 is 0 Å². The average molecular weight is 283 g/mol. The number of hydrogen-bond acceptors (Lipinski definition) is 6. The van der Waals surface area contributed by atoms with Crippen LogP contribution in [-0.4, -0.2) is 25.9 Å². The first-order valence-corrected chi connectivity index (χ1v) is 7.09. The molecule has 0 unspecified atom stereocenters. The van der Waals surface area contributed by atoms with Gasteiger partial charge >= 0.3 is 0 Å². The molecule has 7 nitrogen and oxygen atoms in total. The van der Waals surface area contributed by atoms with Gasteiger partial charge in [-0.2, -0.15) is 0 Å². The number of rotatable bonds is 6. The predicted molar refractivity (Wildman–Crippen MR) is 70.3 cm³/mol. The summed E-state index contributed by atoms with van der Waals surface area (Å²) in [6.45, 7) is -0.00513. The van der Waals surface area contributed by atoms with E-state index in [1.165, 1.54) is 12.5 Å². The first-order chi connectivity index (χ1) is 9.07. The number of nitrogens with one attached hydrogen (secondary N) is 1. The fourth-order valence-electron chi connectivity index (χ4n) is 1.36. The maximum absolute atomic E-state index is 11.7. The first kappa shape index (κ1) is 13.2. The zero-order valence-corrected chi connectivity index (χ0v) is 10.8. The highest BCUT2D eigenvalue weighted by Gasteiger charge is 2.12. The highest BCUT2D eigenvalue weighted by Crippen LogP contribution is 2.19. The van der Waals surface area contributed by atoms with E-state index in [4.69, 9.17) is 10.5 Å². The van der Waals surface area contributed by atoms with Crippen molar-refractivity contribution in [2.75, 3.05) is 22.8 Å². The number of para-hydroxylation sites is 2. The molecule has 19 heavy (non-hydrogen) atoms. The van der Waals surface area contributed by atoms with Gasteiger partial charge in [-0.3, -0.25) is 4.72 Å². The van der Waals surface area contributed by atoms with Crippen LogP contribution < -0.4 is 15.2 Å². The molecule has 0 fully saturated rings. The topological polar surface area (TPSA) is 107 Å². The normalized spacial score (nSPS) is 11.2. The van der Waals surface area contributed by atoms with Gasteiger partial charge in [0.2, 0.25) is 10.0 Å². The highest BCUT2D eigenvalue weighted by atomic mass is 32.2. The van der Waals surface area contributed by atoms with Gasteiger partial charge in [0.05, 0.1) is 11.9 Å². The molecule has 0 bridgehead atoms. The second-order valence-electron chi connectivity index (χ2n) is 3.72. The minimum atomic E-state index is -3.50. The van der Waals surface area contributed by atoms with E-state index in [1.807, 2.05) is 0 Å². The zero-order valence-electron chi connectivity index (χ0n) is 9.94. The Labute approximate surface area is 110 Å². The monoisotopic (exact) mass is 283 g/mol. The summed E-state index contributed by atoms with van der Waals surface area (Å²) >= 11 is 0. The Morgan fingerprint density at radius 2 is 2.16 bits per heavy atom. The summed E-state index contributed by atoms with van der Waals surface area (Å²) in [6.07, 6.45) is 2.47. The van der Waals surface area contributed by atoms with Crippen LogP contribution in [0.15, 0.2) is 41.2 Å². The minimum absolute atomic E-state index is 0.00513. The Balaban J connectivity index is 1.87. The van der Waals surface area contributed by atoms with Crippen molar-refractivity contribution in [3.05, 3.63) is 36.7 Å². The largest absolute Gasteiger partial charge is 0.490 e. The number of anilines is 2. The Bertz CT molecular complexity index is 625. The lowest BCUT2D eigenvalue weighted by Gasteiger charge is -2.09. The number of ether oxygens (including phenoxy) is 1. The molecule has 0 aliphatic heterocycles. The smallest absolute Gasteiger partial charge is 0.236 e. The van der Waals surface area contributed by atoms with E-state index in [1.54, 1.807) is 24.3 Å². The van der Waals surface area contributed by atoms with Gasteiger partial charge in [0, 0.05) is 0 Å². The van der Waals surface area contributed by atoms with Gasteiger partial charge in [-0.1, -0.05) is 17.3 Å². The number of aromatic nitrogens is 1. The fourth-order valence-corrected chi connectivity index (χ4v) is 2.22. The molecule has 0 atom stereocenters. The maximum Gasteiger partial charge on any atom is 0.236 e. The second kappa shape index (κ2) is 5.61. The summed E-state index contributed by atoms with van der Waals surface area (Å²) in [5, 5.41) is 3.40. The lowest BCUT2D eigenvalue weighted by Crippen LogP contribution is -2.21. The van der Waals surface area contributed by atoms with Crippen molar-refractivity contribution in [2.24, 2.45) is 0 Å². The average Bonchev–Trinajstić information content (AvgIpc) is 2.83. The van der Waals surface area contributed by atoms with Crippen molar-refractivity contribution in [1.29, 1.82) is 0 Å². The summed E-state index contributed by atoms with van der Waals surface area (Å²) in [4.78, 5) is 0. The van der Waals surface area contributed by atoms with Gasteiger partial charge in [-0.25, -0.2) is 8.42 Å². The molecule has 8 heteroatoms. The summed E-state index contributed by atoms with van der Waals surface area (Å²) in [6, 6.07) is 6.89. The molecule has 0 amide bonds. The molecule has 1 heterocycles. The Hall–Kier alpha value is -2.22. The van der Waals surface area contributed by atoms with Crippen molar-refractivity contribution < 1.29 is 17.7 Å². The van der Waals surface area contributed by atoms with E-state index < -0.39 is 10.0 Å². The number of nitrogens with zero attached hydrogens (tertiary/aromatic N) is 1. The Kier molecular flexibility index (Phi) is 3.91. The molecular weight excluding hydrogens is 270 g/mol. The van der Waals surface area contributed by atoms with Crippen LogP contribution in [0.3, 0.4) is 0 Å². The molecule has 0 radical (unpaired) electrons. The quantitative estimate of drug-likeness (QED) is 0.768. The van der Waals surface area contributed by atoms with Crippen molar-refractivity contribution in [2.45, 2.75) is 0 Å². The fraction of sp³-hybridized carbons (Fsp3) is 0.182. The summed E-state index contributed by atoms with van der Waals surface area (Å²) in [7, 11) is -3.50. The molecule has 0 aliphatic rings. The Morgan fingerprint density at radius 3 is 2.84 bits per heavy atom. The van der Waals surface area contributed by atoms with Gasteiger partial charge < -0.3 is 15.0 Å². The molecule has 2 aromatic rings. The molecule has 3 N–H and O–H groups in total. The molecule has 1 aromatic heterocycles. The third-order valence-electron chi connectivity index (χ3n) is 2.23. The number of sulfonamides is 1. The molecule has 2 rings (SSSR count). The van der Waals surface area contributed by atoms with E-state index >= 15 is 0 Å². The Morgan fingerprint density at radius 1 is 1.37 bits per heavy atom. The summed E-state index contributed by atoms with van der Waals surface area (Å²) in [5.74, 6) is 0.259. The molecule has 1 aromatic carbocycles. The van der Waals surface area contributed by atoms with Gasteiger partial charge in [-0.05, 0) is 12.1 Å². The predicted octanol–water partition coefficient (Wildman–Crippen LogP) is 1.08. The van der Waals surface area contributed by atoms with Crippen LogP contribution in [0.25, 0.3) is 0 Å². The van der Waals surface area contributed by atoms with Gasteiger partial charge in [0.1, 0.15) is 30.1 Å². The van der Waals surface area contributed by atoms with E-state index in [-0.39, 0.29) is 18.0 Å². The maximum atomic E-state index is 11.7. The first-order valence-electron chi connectivity index (χ1n) is 5.44. The van der Waals surface area contributed by atoms with E-state index in [2.05, 4.69) is 14.4 Å². The third-order valence-corrected chi connectivity index (χ3v) is 3.49. The van der Waals surface area contributed by atoms with E-state index in [0.717, 1.165) is 0 Å². The highest BCUT2D eigenvalue weighted by molar-refractivity contribution is 7.92. The van der Waals surface area contributed by atoms with Crippen LogP contribution in [-0.2, 0) is 10.0 Å². The molecule has 0 saturated carbocycles. The van der Waals surface area contributed by atoms with Crippen molar-refractivity contribution in [3.63, 3.8) is 0 Å². The van der Waals surface area contributed by atoms with Crippen LogP contribution in [0.2, 0.25) is 0 Å². The van der Waals surface area contributed by atoms with E-state index in [9.17, 15) is 8.42 Å². The second-order valence-corrected chi connectivity index (χ2v) is 5.56. The number of hydrogen-bond donors (Lipinski definition) is 2. The van der Waals surface area contributed by atoms with Crippen LogP contribution in [0.5, 0.6) is 5.75 Å². The molecular formula is C11H13N3O4S. The van der Waals surface area contributed by atoms with Crippen LogP contribution in [0.4, 0.5) is 11.4 Å². The van der Waals surface area contributed by atoms with Crippen molar-refractivity contribution >= 4 is 21.4 Å². The van der Waals surface area contributed by atoms with Crippen LogP contribution in [0.1, 0.15) is 0 Å². The van der Waals surface area contributed by atoms with Gasteiger partial charge in [0.25, 0.3) is 0 Å². The zero-order chi connectivity index (χ0) is 13.7. The summed E-state index contributed by atoms with van der Waals surface area (Å²) in [5.41, 5.74) is 6.41. The number of nitrogens with two attached hydrogens (primary N) is 1. The number of nitrogen functional groups attached to an aromatic ring is 1. The van der Waals surface area contributed by atoms with Crippen LogP contribution in [0, 0.1) is 0 Å². The minimum Gasteiger partial charge on any atom is -0.490 e. The number of benzene rings is 1. The van der Waals surface area contributed by atoms with E-state index in [0.29, 0.717) is 11.4 Å². The van der Waals surface area contributed by atoms with Gasteiger partial charge in [-0.15, -0.1) is 0 Å². The SMILES string of the molecule is Nc1ccccc1OCCS(=O)(=O)Nc1cnoc1. The molecule has 0 saturated heterocycles. The van der Waals surface area contributed by atoms with Gasteiger partial charge in [0.15, 0.2) is 0 Å². The summed E-state index contributed by atoms with van der Waals surface area (Å²) < 4.78 is 35.5. The third kappa shape index (κ3) is 3.88. The van der Waals surface area contributed by atoms with Crippen molar-refractivity contribution in [3.8, 4) is 5.75 Å². The lowest BCUT2D eigenvalue weighted by molar-refractivity contribution is 0.343. The molecule has 0 spiro atoms. The molecule has 0 aliphatic carbocycles.